The maximum Gasteiger partial charge on any atom is 0.335 e. The summed E-state index contributed by atoms with van der Waals surface area (Å²) in [5.74, 6) is -1.58. The van der Waals surface area contributed by atoms with E-state index < -0.39 is 17.8 Å². The molecule has 1 aromatic heterocycles. The van der Waals surface area contributed by atoms with Crippen LogP contribution in [0, 0.1) is 0 Å². The lowest BCUT2D eigenvalue weighted by Crippen LogP contribution is -2.40. The van der Waals surface area contributed by atoms with Gasteiger partial charge in [0.25, 0.3) is 0 Å². The number of aromatic nitrogens is 1. The number of nitrogens with zero attached hydrogens (tertiary/aromatic N) is 4. The van der Waals surface area contributed by atoms with Crippen LogP contribution in [-0.4, -0.2) is 51.2 Å². The first-order valence-electron chi connectivity index (χ1n) is 8.77. The van der Waals surface area contributed by atoms with Crippen LogP contribution in [0.1, 0.15) is 10.6 Å². The van der Waals surface area contributed by atoms with Crippen molar-refractivity contribution < 1.29 is 14.4 Å². The van der Waals surface area contributed by atoms with Gasteiger partial charge in [0.15, 0.2) is 0 Å². The van der Waals surface area contributed by atoms with Crippen LogP contribution in [0.2, 0.25) is 0 Å². The summed E-state index contributed by atoms with van der Waals surface area (Å²) in [6, 6.07) is 16.4. The van der Waals surface area contributed by atoms with Gasteiger partial charge in [0.1, 0.15) is 5.01 Å². The van der Waals surface area contributed by atoms with Crippen LogP contribution in [0.5, 0.6) is 0 Å². The summed E-state index contributed by atoms with van der Waals surface area (Å²) in [7, 11) is 1.79. The van der Waals surface area contributed by atoms with Gasteiger partial charge >= 0.3 is 17.8 Å². The smallest absolute Gasteiger partial charge is 0.282 e. The van der Waals surface area contributed by atoms with Gasteiger partial charge in [-0.1, -0.05) is 42.5 Å². The van der Waals surface area contributed by atoms with Gasteiger partial charge in [0.05, 0.1) is 30.0 Å². The van der Waals surface area contributed by atoms with Crippen LogP contribution in [0.15, 0.2) is 54.6 Å². The van der Waals surface area contributed by atoms with E-state index in [-0.39, 0.29) is 13.2 Å². The molecule has 2 heterocycles. The first kappa shape index (κ1) is 18.3. The summed E-state index contributed by atoms with van der Waals surface area (Å²) in [5, 5.41) is 0.885. The predicted octanol–water partition coefficient (Wildman–Crippen LogP) is 2.68. The lowest BCUT2D eigenvalue weighted by Gasteiger charge is -2.21. The average Bonchev–Trinajstić information content (AvgIpc) is 3.18. The highest BCUT2D eigenvalue weighted by atomic mass is 32.1. The molecule has 0 saturated carbocycles. The van der Waals surface area contributed by atoms with Gasteiger partial charge in [-0.05, 0) is 24.7 Å². The lowest BCUT2D eigenvalue weighted by molar-refractivity contribution is -0.144. The van der Waals surface area contributed by atoms with Crippen molar-refractivity contribution in [2.24, 2.45) is 0 Å². The Hall–Kier alpha value is -3.10. The highest BCUT2D eigenvalue weighted by Crippen LogP contribution is 2.23. The fraction of sp³-hybridized carbons (Fsp3) is 0.200. The SMILES string of the molecule is CN(Cc1nc2ccccc2s1)CN1C(=O)C(=O)N(Cc2ccccc2)C1=O. The van der Waals surface area contributed by atoms with Crippen molar-refractivity contribution in [1.29, 1.82) is 0 Å². The second-order valence-electron chi connectivity index (χ2n) is 6.62. The Morgan fingerprint density at radius 1 is 0.929 bits per heavy atom. The molecule has 0 spiro atoms. The zero-order chi connectivity index (χ0) is 19.7. The van der Waals surface area contributed by atoms with Crippen molar-refractivity contribution in [3.05, 3.63) is 65.2 Å². The van der Waals surface area contributed by atoms with Gasteiger partial charge in [0, 0.05) is 0 Å². The zero-order valence-electron chi connectivity index (χ0n) is 15.2. The maximum atomic E-state index is 12.6. The number of amides is 4. The number of urea groups is 1. The normalized spacial score (nSPS) is 14.7. The summed E-state index contributed by atoms with van der Waals surface area (Å²) in [5.41, 5.74) is 1.72. The number of fused-ring (bicyclic) bond motifs is 1. The minimum Gasteiger partial charge on any atom is -0.282 e. The molecule has 0 unspecified atom stereocenters. The molecule has 4 rings (SSSR count). The minimum absolute atomic E-state index is 0.0324. The molecule has 0 radical (unpaired) electrons. The van der Waals surface area contributed by atoms with Gasteiger partial charge in [-0.25, -0.2) is 14.7 Å². The Morgan fingerprint density at radius 3 is 2.36 bits per heavy atom. The third-order valence-corrected chi connectivity index (χ3v) is 5.47. The number of hydrogen-bond acceptors (Lipinski definition) is 6. The Labute approximate surface area is 165 Å². The largest absolute Gasteiger partial charge is 0.335 e. The molecule has 0 aliphatic carbocycles. The number of hydrogen-bond donors (Lipinski definition) is 0. The van der Waals surface area contributed by atoms with Crippen molar-refractivity contribution in [1.82, 2.24) is 19.7 Å². The minimum atomic E-state index is -0.794. The quantitative estimate of drug-likeness (QED) is 0.475. The Balaban J connectivity index is 1.44. The molecular weight excluding hydrogens is 376 g/mol. The Bertz CT molecular complexity index is 1020. The number of para-hydroxylation sites is 1. The van der Waals surface area contributed by atoms with Gasteiger partial charge in [-0.15, -0.1) is 11.3 Å². The highest BCUT2D eigenvalue weighted by molar-refractivity contribution is 7.18. The molecule has 1 aliphatic heterocycles. The van der Waals surface area contributed by atoms with E-state index in [0.717, 1.165) is 30.6 Å². The van der Waals surface area contributed by atoms with Crippen LogP contribution < -0.4 is 0 Å². The molecule has 28 heavy (non-hydrogen) atoms. The predicted molar refractivity (Wildman–Crippen MR) is 105 cm³/mol. The zero-order valence-corrected chi connectivity index (χ0v) is 16.1. The average molecular weight is 394 g/mol. The molecule has 1 fully saturated rings. The standard InChI is InChI=1S/C20H18N4O3S/c1-22(12-17-21-15-9-5-6-10-16(15)28-17)13-24-19(26)18(25)23(20(24)27)11-14-7-3-2-4-8-14/h2-10H,11-13H2,1H3. The molecule has 0 N–H and O–H groups in total. The number of imide groups is 2. The molecule has 142 valence electrons. The van der Waals surface area contributed by atoms with E-state index in [2.05, 4.69) is 4.98 Å². The lowest BCUT2D eigenvalue weighted by atomic mass is 10.2. The van der Waals surface area contributed by atoms with Crippen LogP contribution in [0.4, 0.5) is 4.79 Å². The number of carbonyl (C=O) groups is 3. The fourth-order valence-electron chi connectivity index (χ4n) is 3.09. The highest BCUT2D eigenvalue weighted by Gasteiger charge is 2.44. The third kappa shape index (κ3) is 3.51. The fourth-order valence-corrected chi connectivity index (χ4v) is 4.14. The number of thiazole rings is 1. The maximum absolute atomic E-state index is 12.6. The van der Waals surface area contributed by atoms with Crippen LogP contribution in [0.3, 0.4) is 0 Å². The van der Waals surface area contributed by atoms with Gasteiger partial charge < -0.3 is 0 Å². The second-order valence-corrected chi connectivity index (χ2v) is 7.74. The molecule has 8 heteroatoms. The van der Waals surface area contributed by atoms with Crippen molar-refractivity contribution in [2.45, 2.75) is 13.1 Å². The molecule has 1 saturated heterocycles. The third-order valence-electron chi connectivity index (χ3n) is 4.44. The number of benzene rings is 2. The Morgan fingerprint density at radius 2 is 1.61 bits per heavy atom. The first-order chi connectivity index (χ1) is 13.5. The van der Waals surface area contributed by atoms with Crippen molar-refractivity contribution in [2.75, 3.05) is 13.7 Å². The monoisotopic (exact) mass is 394 g/mol. The summed E-state index contributed by atoms with van der Waals surface area (Å²) in [6.45, 7) is 0.593. The number of rotatable bonds is 6. The Kier molecular flexibility index (Phi) is 4.89. The molecule has 4 amide bonds. The first-order valence-corrected chi connectivity index (χ1v) is 9.59. The van der Waals surface area contributed by atoms with E-state index in [9.17, 15) is 14.4 Å². The van der Waals surface area contributed by atoms with Gasteiger partial charge in [-0.2, -0.15) is 0 Å². The second kappa shape index (κ2) is 7.49. The molecule has 2 aromatic carbocycles. The van der Waals surface area contributed by atoms with Crippen molar-refractivity contribution in [3.8, 4) is 0 Å². The molecule has 0 atom stereocenters. The number of carbonyl (C=O) groups excluding carboxylic acids is 3. The van der Waals surface area contributed by atoms with Gasteiger partial charge in [0.2, 0.25) is 0 Å². The van der Waals surface area contributed by atoms with E-state index in [0.29, 0.717) is 6.54 Å². The topological polar surface area (TPSA) is 73.8 Å². The van der Waals surface area contributed by atoms with Crippen LogP contribution >= 0.6 is 11.3 Å². The van der Waals surface area contributed by atoms with E-state index in [1.807, 2.05) is 54.6 Å². The van der Waals surface area contributed by atoms with Crippen LogP contribution in [-0.2, 0) is 22.7 Å². The van der Waals surface area contributed by atoms with E-state index >= 15 is 0 Å². The summed E-state index contributed by atoms with van der Waals surface area (Å²) in [6.07, 6.45) is 0. The van der Waals surface area contributed by atoms with Crippen molar-refractivity contribution >= 4 is 39.4 Å². The van der Waals surface area contributed by atoms with Gasteiger partial charge in [-0.3, -0.25) is 19.4 Å². The summed E-state index contributed by atoms with van der Waals surface area (Å²) in [4.78, 5) is 45.6. The van der Waals surface area contributed by atoms with Crippen molar-refractivity contribution in [3.63, 3.8) is 0 Å². The van der Waals surface area contributed by atoms with E-state index in [1.54, 1.807) is 23.3 Å². The summed E-state index contributed by atoms with van der Waals surface area (Å²) < 4.78 is 1.09. The molecule has 3 aromatic rings. The molecule has 0 bridgehead atoms. The van der Waals surface area contributed by atoms with E-state index in [4.69, 9.17) is 0 Å². The summed E-state index contributed by atoms with van der Waals surface area (Å²) >= 11 is 1.57. The molecule has 1 aliphatic rings. The molecule has 7 nitrogen and oxygen atoms in total. The van der Waals surface area contributed by atoms with Crippen LogP contribution in [0.25, 0.3) is 10.2 Å². The van der Waals surface area contributed by atoms with E-state index in [1.165, 1.54) is 0 Å². The molecular formula is C20H18N4O3S.